The van der Waals surface area contributed by atoms with Crippen LogP contribution in [0.25, 0.3) is 0 Å². The molecule has 2 aromatic carbocycles. The van der Waals surface area contributed by atoms with Crippen molar-refractivity contribution in [3.05, 3.63) is 102 Å². The van der Waals surface area contributed by atoms with Crippen LogP contribution < -0.4 is 32.4 Å². The molecule has 0 fully saturated rings. The normalized spacial score (nSPS) is 10.9. The first-order valence-electron chi connectivity index (χ1n) is 10.0. The van der Waals surface area contributed by atoms with E-state index in [4.69, 9.17) is 18.5 Å². The molecule has 0 saturated heterocycles. The second-order valence-electron chi connectivity index (χ2n) is 7.03. The number of H-pyrrole nitrogens is 2. The summed E-state index contributed by atoms with van der Waals surface area (Å²) in [7, 11) is 0. The average molecular weight is 456 g/mol. The van der Waals surface area contributed by atoms with E-state index in [1.807, 2.05) is 9.97 Å². The number of nitrogens with zero attached hydrogens (tertiary/aromatic N) is 2. The molecule has 2 aromatic heterocycles. The summed E-state index contributed by atoms with van der Waals surface area (Å²) in [4.78, 5) is 49.0. The van der Waals surface area contributed by atoms with Gasteiger partial charge in [-0.3, -0.25) is 0 Å². The van der Waals surface area contributed by atoms with Crippen molar-refractivity contribution < 1.29 is 18.5 Å². The first-order valence-corrected chi connectivity index (χ1v) is 10.0. The molecule has 0 aliphatic rings. The fraction of sp³-hybridized carbons (Fsp3) is 0.238. The third-order valence-electron chi connectivity index (χ3n) is 4.58. The van der Waals surface area contributed by atoms with Crippen molar-refractivity contribution in [3.8, 4) is 11.5 Å². The maximum atomic E-state index is 11.5. The number of aromatic amines is 2. The van der Waals surface area contributed by atoms with Gasteiger partial charge in [0.2, 0.25) is 0 Å². The number of hydrogen-bond acceptors (Lipinski definition) is 8. The Morgan fingerprint density at radius 2 is 1.03 bits per heavy atom. The zero-order chi connectivity index (χ0) is 23.2. The van der Waals surface area contributed by atoms with Crippen molar-refractivity contribution in [2.45, 2.75) is 19.5 Å². The molecule has 4 aromatic rings. The molecule has 12 nitrogen and oxygen atoms in total. The van der Waals surface area contributed by atoms with Crippen LogP contribution in [0.5, 0.6) is 11.5 Å². The van der Waals surface area contributed by atoms with Crippen LogP contribution in [0.15, 0.2) is 76.8 Å². The van der Waals surface area contributed by atoms with Crippen molar-refractivity contribution in [1.29, 1.82) is 0 Å². The van der Waals surface area contributed by atoms with E-state index in [2.05, 4.69) is 0 Å². The zero-order valence-corrected chi connectivity index (χ0v) is 17.3. The molecule has 0 spiro atoms. The summed E-state index contributed by atoms with van der Waals surface area (Å²) in [6.07, 6.45) is 0.650. The molecule has 0 radical (unpaired) electrons. The van der Waals surface area contributed by atoms with Gasteiger partial charge in [0.25, 0.3) is 0 Å². The van der Waals surface area contributed by atoms with Gasteiger partial charge in [-0.05, 0) is 35.4 Å². The standard InChI is InChI=1S/C21H20N4O8/c26-18-22-20(28)32-24(18)12-14-2-6-16(7-3-14)30-10-1-11-31-17-8-4-15(5-9-17)13-25-19(27)23-21(29)33-25/h2-9H,1,10-13H2,(H,22,26,28)(H,23,27,29). The number of benzene rings is 2. The van der Waals surface area contributed by atoms with Gasteiger partial charge in [0.1, 0.15) is 11.5 Å². The van der Waals surface area contributed by atoms with Gasteiger partial charge in [-0.1, -0.05) is 24.3 Å². The van der Waals surface area contributed by atoms with Crippen molar-refractivity contribution in [2.75, 3.05) is 13.2 Å². The molecular weight excluding hydrogens is 436 g/mol. The van der Waals surface area contributed by atoms with Crippen molar-refractivity contribution in [3.63, 3.8) is 0 Å². The molecule has 172 valence electrons. The van der Waals surface area contributed by atoms with Gasteiger partial charge in [-0.2, -0.15) is 0 Å². The van der Waals surface area contributed by atoms with Crippen LogP contribution in [0.4, 0.5) is 0 Å². The Bertz CT molecular complexity index is 1310. The molecule has 33 heavy (non-hydrogen) atoms. The Labute approximate surface area is 184 Å². The molecule has 2 heterocycles. The highest BCUT2D eigenvalue weighted by atomic mass is 16.5. The van der Waals surface area contributed by atoms with Crippen molar-refractivity contribution in [2.24, 2.45) is 0 Å². The molecule has 2 N–H and O–H groups in total. The predicted molar refractivity (Wildman–Crippen MR) is 114 cm³/mol. The van der Waals surface area contributed by atoms with Crippen molar-refractivity contribution >= 4 is 0 Å². The topological polar surface area (TPSA) is 154 Å². The van der Waals surface area contributed by atoms with Gasteiger partial charge in [-0.15, -0.1) is 9.48 Å². The second kappa shape index (κ2) is 9.77. The third kappa shape index (κ3) is 5.81. The lowest BCUT2D eigenvalue weighted by Gasteiger charge is -2.09. The van der Waals surface area contributed by atoms with E-state index in [0.717, 1.165) is 20.6 Å². The summed E-state index contributed by atoms with van der Waals surface area (Å²) in [5.41, 5.74) is 0.365. The maximum absolute atomic E-state index is 11.5. The van der Waals surface area contributed by atoms with Gasteiger partial charge in [0.05, 0.1) is 26.3 Å². The molecule has 0 unspecified atom stereocenters. The lowest BCUT2D eigenvalue weighted by molar-refractivity contribution is 0.246. The highest BCUT2D eigenvalue weighted by molar-refractivity contribution is 5.28. The minimum Gasteiger partial charge on any atom is -0.493 e. The monoisotopic (exact) mass is 456 g/mol. The minimum atomic E-state index is -0.790. The van der Waals surface area contributed by atoms with E-state index >= 15 is 0 Å². The molecule has 0 bridgehead atoms. The largest absolute Gasteiger partial charge is 0.493 e. The Hall–Kier alpha value is -4.48. The highest BCUT2D eigenvalue weighted by Gasteiger charge is 2.05. The molecule has 4 rings (SSSR count). The highest BCUT2D eigenvalue weighted by Crippen LogP contribution is 2.15. The van der Waals surface area contributed by atoms with E-state index in [1.54, 1.807) is 48.5 Å². The smallest absolute Gasteiger partial charge is 0.440 e. The van der Waals surface area contributed by atoms with Gasteiger partial charge in [-0.25, -0.2) is 29.1 Å². The fourth-order valence-corrected chi connectivity index (χ4v) is 2.99. The van der Waals surface area contributed by atoms with E-state index < -0.39 is 22.9 Å². The van der Waals surface area contributed by atoms with Crippen LogP contribution in [0, 0.1) is 0 Å². The Morgan fingerprint density at radius 3 is 1.36 bits per heavy atom. The summed E-state index contributed by atoms with van der Waals surface area (Å²) < 4.78 is 22.7. The summed E-state index contributed by atoms with van der Waals surface area (Å²) >= 11 is 0. The van der Waals surface area contributed by atoms with Gasteiger partial charge in [0.15, 0.2) is 0 Å². The molecule has 0 atom stereocenters. The minimum absolute atomic E-state index is 0.140. The Kier molecular flexibility index (Phi) is 6.43. The lowest BCUT2D eigenvalue weighted by atomic mass is 10.2. The molecular formula is C21H20N4O8. The zero-order valence-electron chi connectivity index (χ0n) is 17.3. The maximum Gasteiger partial charge on any atom is 0.440 e. The van der Waals surface area contributed by atoms with E-state index in [-0.39, 0.29) is 13.1 Å². The molecule has 0 aliphatic heterocycles. The Morgan fingerprint density at radius 1 is 0.636 bits per heavy atom. The van der Waals surface area contributed by atoms with E-state index in [1.165, 1.54) is 0 Å². The fourth-order valence-electron chi connectivity index (χ4n) is 2.99. The molecule has 12 heteroatoms. The first kappa shape index (κ1) is 21.7. The van der Waals surface area contributed by atoms with Crippen LogP contribution in [-0.4, -0.2) is 32.7 Å². The van der Waals surface area contributed by atoms with Crippen molar-refractivity contribution in [1.82, 2.24) is 19.4 Å². The number of aromatic nitrogens is 4. The summed E-state index contributed by atoms with van der Waals surface area (Å²) in [6, 6.07) is 14.2. The third-order valence-corrected chi connectivity index (χ3v) is 4.58. The van der Waals surface area contributed by atoms with Crippen LogP contribution in [0.2, 0.25) is 0 Å². The first-order chi connectivity index (χ1) is 16.0. The second-order valence-corrected chi connectivity index (χ2v) is 7.03. The van der Waals surface area contributed by atoms with Crippen LogP contribution in [0.3, 0.4) is 0 Å². The quantitative estimate of drug-likeness (QED) is 0.327. The molecule has 0 amide bonds. The van der Waals surface area contributed by atoms with E-state index in [9.17, 15) is 19.2 Å². The number of nitrogens with one attached hydrogen (secondary N) is 2. The van der Waals surface area contributed by atoms with Gasteiger partial charge in [0, 0.05) is 6.42 Å². The number of ether oxygens (including phenoxy) is 2. The van der Waals surface area contributed by atoms with Crippen LogP contribution in [0.1, 0.15) is 17.5 Å². The molecule has 0 saturated carbocycles. The van der Waals surface area contributed by atoms with Crippen LogP contribution in [-0.2, 0) is 13.1 Å². The van der Waals surface area contributed by atoms with Crippen LogP contribution >= 0.6 is 0 Å². The average Bonchev–Trinajstić information content (AvgIpc) is 3.28. The lowest BCUT2D eigenvalue weighted by Crippen LogP contribution is -2.17. The predicted octanol–water partition coefficient (Wildman–Crippen LogP) is 0.517. The number of hydrogen-bond donors (Lipinski definition) is 2. The van der Waals surface area contributed by atoms with Gasteiger partial charge >= 0.3 is 22.9 Å². The summed E-state index contributed by atoms with van der Waals surface area (Å²) in [6.45, 7) is 1.17. The molecule has 0 aliphatic carbocycles. The van der Waals surface area contributed by atoms with E-state index in [0.29, 0.717) is 31.1 Å². The summed E-state index contributed by atoms with van der Waals surface area (Å²) in [5, 5.41) is 0. The summed E-state index contributed by atoms with van der Waals surface area (Å²) in [5.74, 6) is -0.252. The number of rotatable bonds is 10. The SMILES string of the molecule is O=c1[nH]c(=O)n(Cc2ccc(OCCCOc3ccc(Cn4oc(=O)[nH]c4=O)cc3)cc2)o1. The van der Waals surface area contributed by atoms with Gasteiger partial charge < -0.3 is 18.5 Å². The Balaban J connectivity index is 1.18.